The maximum atomic E-state index is 14.6. The minimum Gasteiger partial charge on any atom is -0.352 e. The lowest BCUT2D eigenvalue weighted by molar-refractivity contribution is -0.140. The van der Waals surface area contributed by atoms with Crippen LogP contribution in [0.25, 0.3) is 0 Å². The fourth-order valence-corrected chi connectivity index (χ4v) is 6.76. The molecule has 10 heteroatoms. The van der Waals surface area contributed by atoms with E-state index in [-0.39, 0.29) is 35.5 Å². The Morgan fingerprint density at radius 3 is 2.07 bits per heavy atom. The Kier molecular flexibility index (Phi) is 11.7. The number of amides is 2. The number of rotatable bonds is 13. The second-order valence-electron chi connectivity index (χ2n) is 10.8. The Morgan fingerprint density at radius 2 is 1.42 bits per heavy atom. The molecular weight excluding hydrogens is 629 g/mol. The van der Waals surface area contributed by atoms with Crippen molar-refractivity contribution < 1.29 is 18.0 Å². The van der Waals surface area contributed by atoms with Gasteiger partial charge in [-0.15, -0.1) is 0 Å². The van der Waals surface area contributed by atoms with Crippen LogP contribution in [0.1, 0.15) is 37.0 Å². The summed E-state index contributed by atoms with van der Waals surface area (Å²) in [6, 6.07) is 28.2. The van der Waals surface area contributed by atoms with Gasteiger partial charge in [0.1, 0.15) is 12.6 Å². The Balaban J connectivity index is 1.84. The van der Waals surface area contributed by atoms with Crippen molar-refractivity contribution in [3.8, 4) is 0 Å². The quantitative estimate of drug-likeness (QED) is 0.166. The molecule has 0 aliphatic rings. The number of nitrogens with zero attached hydrogens (tertiary/aromatic N) is 2. The zero-order chi connectivity index (χ0) is 32.6. The maximum absolute atomic E-state index is 14.6. The highest BCUT2D eigenvalue weighted by molar-refractivity contribution is 7.92. The SMILES string of the molecule is CC[C@@H](C)NC(=O)[C@@H](Cc1ccccc1)N(Cc1ccccc1Cl)C(=O)CN(c1cccc(Cl)c1C)S(=O)(=O)c1ccccc1. The topological polar surface area (TPSA) is 86.8 Å². The molecule has 0 saturated carbocycles. The van der Waals surface area contributed by atoms with Gasteiger partial charge in [0.15, 0.2) is 0 Å². The third-order valence-electron chi connectivity index (χ3n) is 7.69. The Morgan fingerprint density at radius 1 is 0.822 bits per heavy atom. The van der Waals surface area contributed by atoms with Crippen LogP contribution in [0.15, 0.2) is 108 Å². The van der Waals surface area contributed by atoms with Gasteiger partial charge in [0.2, 0.25) is 11.8 Å². The third-order valence-corrected chi connectivity index (χ3v) is 10.2. The van der Waals surface area contributed by atoms with Crippen LogP contribution in [-0.2, 0) is 32.6 Å². The third kappa shape index (κ3) is 8.45. The van der Waals surface area contributed by atoms with Gasteiger partial charge < -0.3 is 10.2 Å². The van der Waals surface area contributed by atoms with Gasteiger partial charge in [-0.1, -0.05) is 103 Å². The largest absolute Gasteiger partial charge is 0.352 e. The Bertz CT molecular complexity index is 1720. The molecule has 4 aromatic rings. The van der Waals surface area contributed by atoms with E-state index in [9.17, 15) is 18.0 Å². The van der Waals surface area contributed by atoms with Crippen molar-refractivity contribution in [1.29, 1.82) is 0 Å². The van der Waals surface area contributed by atoms with Gasteiger partial charge in [-0.25, -0.2) is 8.42 Å². The van der Waals surface area contributed by atoms with Crippen molar-refractivity contribution in [1.82, 2.24) is 10.2 Å². The van der Waals surface area contributed by atoms with Crippen molar-refractivity contribution in [3.05, 3.63) is 130 Å². The predicted molar refractivity (Wildman–Crippen MR) is 181 cm³/mol. The van der Waals surface area contributed by atoms with Crippen molar-refractivity contribution >= 4 is 50.7 Å². The van der Waals surface area contributed by atoms with E-state index in [1.165, 1.54) is 17.0 Å². The van der Waals surface area contributed by atoms with E-state index < -0.39 is 28.5 Å². The molecule has 45 heavy (non-hydrogen) atoms. The minimum atomic E-state index is -4.23. The molecule has 0 aliphatic heterocycles. The summed E-state index contributed by atoms with van der Waals surface area (Å²) in [6.45, 7) is 4.97. The first-order valence-electron chi connectivity index (χ1n) is 14.7. The number of hydrogen-bond donors (Lipinski definition) is 1. The Hall–Kier alpha value is -3.85. The van der Waals surface area contributed by atoms with Gasteiger partial charge in [0.25, 0.3) is 10.0 Å². The summed E-state index contributed by atoms with van der Waals surface area (Å²) < 4.78 is 29.4. The summed E-state index contributed by atoms with van der Waals surface area (Å²) in [7, 11) is -4.23. The summed E-state index contributed by atoms with van der Waals surface area (Å²) in [5.74, 6) is -0.918. The van der Waals surface area contributed by atoms with Crippen LogP contribution in [-0.4, -0.2) is 43.8 Å². The molecule has 0 heterocycles. The van der Waals surface area contributed by atoms with Gasteiger partial charge >= 0.3 is 0 Å². The van der Waals surface area contributed by atoms with Crippen LogP contribution in [0.2, 0.25) is 10.0 Å². The molecule has 2 amide bonds. The highest BCUT2D eigenvalue weighted by Crippen LogP contribution is 2.31. The van der Waals surface area contributed by atoms with E-state index in [4.69, 9.17) is 23.2 Å². The standard InChI is InChI=1S/C35H37Cl2N3O4S/c1-4-25(2)38-35(42)33(22-27-14-7-5-8-15-27)39(23-28-16-11-12-19-31(28)37)34(41)24-40(32-21-13-20-30(36)26(32)3)45(43,44)29-17-9-6-10-18-29/h5-21,25,33H,4,22-24H2,1-3H3,(H,38,42)/t25-,33-/m1/s1. The monoisotopic (exact) mass is 665 g/mol. The number of carbonyl (C=O) groups excluding carboxylic acids is 2. The first-order chi connectivity index (χ1) is 21.5. The molecule has 0 bridgehead atoms. The van der Waals surface area contributed by atoms with Crippen LogP contribution >= 0.6 is 23.2 Å². The number of carbonyl (C=O) groups is 2. The van der Waals surface area contributed by atoms with Crippen LogP contribution in [0.5, 0.6) is 0 Å². The molecule has 0 unspecified atom stereocenters. The molecule has 236 valence electrons. The van der Waals surface area contributed by atoms with Crippen LogP contribution in [0.4, 0.5) is 5.69 Å². The number of nitrogens with one attached hydrogen (secondary N) is 1. The minimum absolute atomic E-state index is 0.0162. The van der Waals surface area contributed by atoms with Gasteiger partial charge in [0, 0.05) is 29.1 Å². The molecule has 0 spiro atoms. The van der Waals surface area contributed by atoms with Crippen LogP contribution in [0, 0.1) is 6.92 Å². The second kappa shape index (κ2) is 15.4. The molecule has 0 radical (unpaired) electrons. The van der Waals surface area contributed by atoms with Gasteiger partial charge in [-0.2, -0.15) is 0 Å². The average molecular weight is 667 g/mol. The lowest BCUT2D eigenvalue weighted by Crippen LogP contribution is -2.54. The van der Waals surface area contributed by atoms with E-state index in [1.54, 1.807) is 67.6 Å². The lowest BCUT2D eigenvalue weighted by Gasteiger charge is -2.34. The van der Waals surface area contributed by atoms with Crippen LogP contribution in [0.3, 0.4) is 0 Å². The van der Waals surface area contributed by atoms with Crippen molar-refractivity contribution in [3.63, 3.8) is 0 Å². The Labute approximate surface area is 275 Å². The van der Waals surface area contributed by atoms with Gasteiger partial charge in [0.05, 0.1) is 10.6 Å². The maximum Gasteiger partial charge on any atom is 0.264 e. The van der Waals surface area contributed by atoms with E-state index >= 15 is 0 Å². The first-order valence-corrected chi connectivity index (χ1v) is 16.9. The number of halogens is 2. The second-order valence-corrected chi connectivity index (χ2v) is 13.5. The molecule has 4 rings (SSSR count). The summed E-state index contributed by atoms with van der Waals surface area (Å²) in [5, 5.41) is 3.81. The summed E-state index contributed by atoms with van der Waals surface area (Å²) in [6.07, 6.45) is 0.903. The number of sulfonamides is 1. The molecule has 7 nitrogen and oxygen atoms in total. The zero-order valence-corrected chi connectivity index (χ0v) is 27.8. The van der Waals surface area contributed by atoms with E-state index in [1.807, 2.05) is 44.2 Å². The normalized spacial score (nSPS) is 12.6. The fraction of sp³-hybridized carbons (Fsp3) is 0.257. The molecule has 0 aliphatic carbocycles. The number of benzene rings is 4. The average Bonchev–Trinajstić information content (AvgIpc) is 3.04. The first kappa shape index (κ1) is 34.0. The highest BCUT2D eigenvalue weighted by atomic mass is 35.5. The predicted octanol–water partition coefficient (Wildman–Crippen LogP) is 7.05. The smallest absolute Gasteiger partial charge is 0.264 e. The zero-order valence-electron chi connectivity index (χ0n) is 25.5. The van der Waals surface area contributed by atoms with E-state index in [0.717, 1.165) is 9.87 Å². The molecule has 0 saturated heterocycles. The molecule has 0 fully saturated rings. The summed E-state index contributed by atoms with van der Waals surface area (Å²) >= 11 is 13.0. The molecule has 4 aromatic carbocycles. The van der Waals surface area contributed by atoms with Crippen molar-refractivity contribution in [2.75, 3.05) is 10.8 Å². The van der Waals surface area contributed by atoms with Gasteiger partial charge in [-0.05, 0) is 67.3 Å². The molecular formula is C35H37Cl2N3O4S. The van der Waals surface area contributed by atoms with E-state index in [2.05, 4.69) is 5.32 Å². The van der Waals surface area contributed by atoms with Crippen molar-refractivity contribution in [2.24, 2.45) is 0 Å². The molecule has 2 atom stereocenters. The fourth-order valence-electron chi connectivity index (χ4n) is 4.90. The number of hydrogen-bond acceptors (Lipinski definition) is 4. The van der Waals surface area contributed by atoms with Crippen LogP contribution < -0.4 is 9.62 Å². The molecule has 0 aromatic heterocycles. The number of anilines is 1. The summed E-state index contributed by atoms with van der Waals surface area (Å²) in [5.41, 5.74) is 2.23. The van der Waals surface area contributed by atoms with Gasteiger partial charge in [-0.3, -0.25) is 13.9 Å². The van der Waals surface area contributed by atoms with E-state index in [0.29, 0.717) is 27.6 Å². The van der Waals surface area contributed by atoms with Crippen molar-refractivity contribution in [2.45, 2.75) is 57.1 Å². The summed E-state index contributed by atoms with van der Waals surface area (Å²) in [4.78, 5) is 29.9. The highest BCUT2D eigenvalue weighted by Gasteiger charge is 2.35. The molecule has 1 N–H and O–H groups in total. The lowest BCUT2D eigenvalue weighted by atomic mass is 10.0.